The van der Waals surface area contributed by atoms with Gasteiger partial charge in [0.15, 0.2) is 0 Å². The number of amides is 1. The van der Waals surface area contributed by atoms with Crippen molar-refractivity contribution in [3.05, 3.63) is 33.8 Å². The Labute approximate surface area is 181 Å². The number of hydrogen-bond donors (Lipinski definition) is 1. The molecular weight excluding hydrogens is 463 g/mol. The van der Waals surface area contributed by atoms with Gasteiger partial charge in [0.25, 0.3) is 15.9 Å². The molecule has 156 valence electrons. The molecule has 2 aromatic rings. The lowest BCUT2D eigenvalue weighted by Gasteiger charge is -2.28. The number of hydrogen-bond acceptors (Lipinski definition) is 8. The third-order valence-corrected chi connectivity index (χ3v) is 7.98. The molecule has 1 saturated heterocycles. The Kier molecular flexibility index (Phi) is 6.74. The zero-order valence-electron chi connectivity index (χ0n) is 15.1. The van der Waals surface area contributed by atoms with Crippen LogP contribution in [0.5, 0.6) is 0 Å². The summed E-state index contributed by atoms with van der Waals surface area (Å²) in [6.07, 6.45) is 0.729. The summed E-state index contributed by atoms with van der Waals surface area (Å²) in [7, 11) is -2.57. The molecule has 0 saturated carbocycles. The minimum absolute atomic E-state index is 0.0176. The van der Waals surface area contributed by atoms with Crippen LogP contribution in [0.3, 0.4) is 0 Å². The molecule has 0 radical (unpaired) electrons. The number of carbonyl (C=O) groups excluding carboxylic acids is 2. The molecule has 0 atom stereocenters. The molecule has 1 aliphatic heterocycles. The highest BCUT2D eigenvalue weighted by molar-refractivity contribution is 7.91. The molecule has 0 bridgehead atoms. The number of benzene rings is 1. The predicted molar refractivity (Wildman–Crippen MR) is 108 cm³/mol. The number of aromatic nitrogens is 2. The van der Waals surface area contributed by atoms with Crippen LogP contribution < -0.4 is 5.32 Å². The first-order chi connectivity index (χ1) is 13.7. The molecule has 0 aliphatic carbocycles. The first-order valence-corrected chi connectivity index (χ1v) is 11.4. The van der Waals surface area contributed by atoms with Crippen LogP contribution in [0.25, 0.3) is 0 Å². The molecule has 1 amide bonds. The first-order valence-electron chi connectivity index (χ1n) is 8.40. The van der Waals surface area contributed by atoms with Gasteiger partial charge in [-0.05, 0) is 31.0 Å². The van der Waals surface area contributed by atoms with E-state index in [4.69, 9.17) is 27.9 Å². The third-order valence-electron chi connectivity index (χ3n) is 4.35. The number of sulfonamides is 1. The number of anilines is 1. The summed E-state index contributed by atoms with van der Waals surface area (Å²) in [5.74, 6) is -1.23. The molecule has 13 heteroatoms. The maximum Gasteiger partial charge on any atom is 0.308 e. The summed E-state index contributed by atoms with van der Waals surface area (Å²) in [5, 5.41) is 10.5. The van der Waals surface area contributed by atoms with Crippen LogP contribution in [0.2, 0.25) is 10.0 Å². The van der Waals surface area contributed by atoms with Gasteiger partial charge in [0, 0.05) is 18.1 Å². The van der Waals surface area contributed by atoms with Crippen molar-refractivity contribution in [1.82, 2.24) is 14.5 Å². The molecule has 0 unspecified atom stereocenters. The number of halogens is 2. The second-order valence-electron chi connectivity index (χ2n) is 6.15. The van der Waals surface area contributed by atoms with E-state index in [0.29, 0.717) is 17.9 Å². The van der Waals surface area contributed by atoms with E-state index < -0.39 is 15.9 Å². The molecule has 2 heterocycles. The third kappa shape index (κ3) is 4.86. The summed E-state index contributed by atoms with van der Waals surface area (Å²) in [6, 6.07) is 4.38. The molecule has 1 aromatic heterocycles. The minimum atomic E-state index is -3.88. The van der Waals surface area contributed by atoms with E-state index in [2.05, 4.69) is 15.5 Å². The molecule has 1 N–H and O–H groups in total. The van der Waals surface area contributed by atoms with Crippen LogP contribution in [0, 0.1) is 5.92 Å². The van der Waals surface area contributed by atoms with Gasteiger partial charge in [-0.3, -0.25) is 14.9 Å². The summed E-state index contributed by atoms with van der Waals surface area (Å²) in [4.78, 5) is 23.9. The molecule has 9 nitrogen and oxygen atoms in total. The van der Waals surface area contributed by atoms with Crippen molar-refractivity contribution in [1.29, 1.82) is 0 Å². The Morgan fingerprint density at radius 3 is 2.55 bits per heavy atom. The van der Waals surface area contributed by atoms with Gasteiger partial charge in [0.2, 0.25) is 9.47 Å². The van der Waals surface area contributed by atoms with E-state index in [-0.39, 0.29) is 45.0 Å². The van der Waals surface area contributed by atoms with Crippen LogP contribution in [0.4, 0.5) is 5.13 Å². The number of nitrogens with zero attached hydrogens (tertiary/aromatic N) is 3. The monoisotopic (exact) mass is 478 g/mol. The van der Waals surface area contributed by atoms with Crippen LogP contribution in [0.15, 0.2) is 22.5 Å². The van der Waals surface area contributed by atoms with Gasteiger partial charge in [0.05, 0.1) is 23.6 Å². The molecule has 3 rings (SSSR count). The predicted octanol–water partition coefficient (Wildman–Crippen LogP) is 2.67. The molecule has 1 aliphatic rings. The SMILES string of the molecule is COC(=O)C1CCN(S(=O)(=O)c2nnc(NC(=O)c3ccc(Cl)cc3Cl)s2)CC1. The number of rotatable bonds is 5. The zero-order valence-corrected chi connectivity index (χ0v) is 18.2. The highest BCUT2D eigenvalue weighted by Crippen LogP contribution is 2.28. The number of carbonyl (C=O) groups is 2. The maximum absolute atomic E-state index is 12.8. The lowest BCUT2D eigenvalue weighted by molar-refractivity contribution is -0.146. The van der Waals surface area contributed by atoms with Crippen molar-refractivity contribution >= 4 is 61.6 Å². The van der Waals surface area contributed by atoms with Gasteiger partial charge in [-0.15, -0.1) is 10.2 Å². The van der Waals surface area contributed by atoms with Gasteiger partial charge >= 0.3 is 5.97 Å². The van der Waals surface area contributed by atoms with E-state index in [0.717, 1.165) is 11.3 Å². The van der Waals surface area contributed by atoms with E-state index in [9.17, 15) is 18.0 Å². The molecule has 1 aromatic carbocycles. The lowest BCUT2D eigenvalue weighted by atomic mass is 9.99. The lowest BCUT2D eigenvalue weighted by Crippen LogP contribution is -2.40. The van der Waals surface area contributed by atoms with Gasteiger partial charge in [-0.2, -0.15) is 4.31 Å². The van der Waals surface area contributed by atoms with Crippen molar-refractivity contribution in [2.75, 3.05) is 25.5 Å². The van der Waals surface area contributed by atoms with Crippen LogP contribution in [0.1, 0.15) is 23.2 Å². The van der Waals surface area contributed by atoms with Crippen molar-refractivity contribution in [3.8, 4) is 0 Å². The number of nitrogens with one attached hydrogen (secondary N) is 1. The van der Waals surface area contributed by atoms with Gasteiger partial charge in [0.1, 0.15) is 0 Å². The standard InChI is InChI=1S/C16H16Cl2N4O5S2/c1-27-14(24)9-4-6-22(7-5-9)29(25,26)16-21-20-15(28-16)19-13(23)11-3-2-10(17)8-12(11)18/h2-3,8-9H,4-7H2,1H3,(H,19,20,23). The minimum Gasteiger partial charge on any atom is -0.469 e. The Morgan fingerprint density at radius 2 is 1.93 bits per heavy atom. The number of esters is 1. The average Bonchev–Trinajstić information content (AvgIpc) is 3.16. The number of piperidine rings is 1. The summed E-state index contributed by atoms with van der Waals surface area (Å²) in [5.41, 5.74) is 0.167. The maximum atomic E-state index is 12.8. The fraction of sp³-hybridized carbons (Fsp3) is 0.375. The van der Waals surface area contributed by atoms with Gasteiger partial charge in [-0.1, -0.05) is 34.5 Å². The average molecular weight is 479 g/mol. The van der Waals surface area contributed by atoms with E-state index in [1.54, 1.807) is 0 Å². The Balaban J connectivity index is 1.69. The summed E-state index contributed by atoms with van der Waals surface area (Å²) in [6.45, 7) is 0.341. The topological polar surface area (TPSA) is 119 Å². The van der Waals surface area contributed by atoms with E-state index in [1.165, 1.54) is 29.6 Å². The Bertz CT molecular complexity index is 1040. The van der Waals surface area contributed by atoms with Gasteiger partial charge < -0.3 is 4.74 Å². The van der Waals surface area contributed by atoms with Crippen LogP contribution in [-0.2, 0) is 19.6 Å². The zero-order chi connectivity index (χ0) is 21.2. The molecule has 0 spiro atoms. The second-order valence-corrected chi connectivity index (χ2v) is 10.1. The fourth-order valence-corrected chi connectivity index (χ4v) is 5.81. The van der Waals surface area contributed by atoms with Crippen molar-refractivity contribution in [3.63, 3.8) is 0 Å². The van der Waals surface area contributed by atoms with Crippen LogP contribution in [-0.4, -0.2) is 55.0 Å². The Morgan fingerprint density at radius 1 is 1.24 bits per heavy atom. The van der Waals surface area contributed by atoms with Crippen molar-refractivity contribution < 1.29 is 22.7 Å². The summed E-state index contributed by atoms with van der Waals surface area (Å²) < 4.78 is 31.2. The highest BCUT2D eigenvalue weighted by atomic mass is 35.5. The fourth-order valence-electron chi connectivity index (χ4n) is 2.81. The van der Waals surface area contributed by atoms with E-state index in [1.807, 2.05) is 0 Å². The second kappa shape index (κ2) is 8.92. The summed E-state index contributed by atoms with van der Waals surface area (Å²) >= 11 is 12.5. The Hall–Kier alpha value is -1.79. The first kappa shape index (κ1) is 21.9. The van der Waals surface area contributed by atoms with Crippen LogP contribution >= 0.6 is 34.5 Å². The molecular formula is C16H16Cl2N4O5S2. The van der Waals surface area contributed by atoms with Crippen molar-refractivity contribution in [2.24, 2.45) is 5.92 Å². The largest absolute Gasteiger partial charge is 0.469 e. The smallest absolute Gasteiger partial charge is 0.308 e. The van der Waals surface area contributed by atoms with Crippen molar-refractivity contribution in [2.45, 2.75) is 17.2 Å². The quantitative estimate of drug-likeness (QED) is 0.517. The van der Waals surface area contributed by atoms with E-state index >= 15 is 0 Å². The number of methoxy groups -OCH3 is 1. The molecule has 1 fully saturated rings. The highest BCUT2D eigenvalue weighted by Gasteiger charge is 2.34. The molecule has 29 heavy (non-hydrogen) atoms. The normalized spacial score (nSPS) is 15.8. The van der Waals surface area contributed by atoms with Gasteiger partial charge in [-0.25, -0.2) is 8.42 Å². The number of ether oxygens (including phenoxy) is 1.